The molecule has 1 N–H and O–H groups in total. The minimum atomic E-state index is 0.0539. The third-order valence-corrected chi connectivity index (χ3v) is 3.51. The molecule has 3 nitrogen and oxygen atoms in total. The van der Waals surface area contributed by atoms with Crippen molar-refractivity contribution in [3.8, 4) is 5.75 Å². The summed E-state index contributed by atoms with van der Waals surface area (Å²) in [6.07, 6.45) is 1.71. The highest BCUT2D eigenvalue weighted by molar-refractivity contribution is 5.41. The Hall–Kier alpha value is -1.74. The van der Waals surface area contributed by atoms with Gasteiger partial charge in [0.25, 0.3) is 0 Å². The van der Waals surface area contributed by atoms with Crippen LogP contribution in [0.4, 0.5) is 0 Å². The van der Waals surface area contributed by atoms with Crippen molar-refractivity contribution in [3.63, 3.8) is 0 Å². The summed E-state index contributed by atoms with van der Waals surface area (Å²) in [5.74, 6) is 1.81. The summed E-state index contributed by atoms with van der Waals surface area (Å²) in [5.41, 5.74) is 3.67. The van der Waals surface area contributed by atoms with Gasteiger partial charge in [0, 0.05) is 12.1 Å². The summed E-state index contributed by atoms with van der Waals surface area (Å²) in [4.78, 5) is 0. The van der Waals surface area contributed by atoms with Gasteiger partial charge in [0.1, 0.15) is 18.1 Å². The van der Waals surface area contributed by atoms with Crippen molar-refractivity contribution >= 4 is 0 Å². The Morgan fingerprint density at radius 2 is 1.95 bits per heavy atom. The van der Waals surface area contributed by atoms with E-state index in [9.17, 15) is 0 Å². The lowest BCUT2D eigenvalue weighted by Crippen LogP contribution is -2.14. The van der Waals surface area contributed by atoms with Crippen LogP contribution in [0.1, 0.15) is 43.2 Å². The van der Waals surface area contributed by atoms with Gasteiger partial charge in [0.05, 0.1) is 6.26 Å². The first-order valence-corrected chi connectivity index (χ1v) is 7.35. The molecule has 0 unspecified atom stereocenters. The molecule has 0 aliphatic rings. The van der Waals surface area contributed by atoms with Crippen molar-refractivity contribution in [2.45, 2.75) is 46.3 Å². The second kappa shape index (κ2) is 6.35. The Kier molecular flexibility index (Phi) is 4.73. The third kappa shape index (κ3) is 3.88. The number of nitrogens with one attached hydrogen (secondary N) is 1. The zero-order valence-corrected chi connectivity index (χ0v) is 13.6. The first kappa shape index (κ1) is 15.6. The van der Waals surface area contributed by atoms with Gasteiger partial charge < -0.3 is 14.5 Å². The summed E-state index contributed by atoms with van der Waals surface area (Å²) in [7, 11) is 1.93. The van der Waals surface area contributed by atoms with Crippen LogP contribution >= 0.6 is 0 Å². The van der Waals surface area contributed by atoms with Crippen molar-refractivity contribution in [1.82, 2.24) is 5.32 Å². The Bertz CT molecular complexity index is 594. The Morgan fingerprint density at radius 1 is 1.19 bits per heavy atom. The number of furan rings is 1. The molecular formula is C18H25NO2. The van der Waals surface area contributed by atoms with E-state index in [4.69, 9.17) is 9.15 Å². The predicted octanol–water partition coefficient (Wildman–Crippen LogP) is 4.18. The molecule has 0 spiro atoms. The van der Waals surface area contributed by atoms with E-state index in [1.54, 1.807) is 6.26 Å². The van der Waals surface area contributed by atoms with Crippen LogP contribution in [0.3, 0.4) is 0 Å². The second-order valence-electron chi connectivity index (χ2n) is 6.44. The zero-order chi connectivity index (χ0) is 15.5. The van der Waals surface area contributed by atoms with E-state index in [0.717, 1.165) is 23.6 Å². The molecule has 1 aromatic heterocycles. The maximum Gasteiger partial charge on any atom is 0.146 e. The van der Waals surface area contributed by atoms with Crippen LogP contribution < -0.4 is 10.1 Å². The molecule has 0 aliphatic heterocycles. The van der Waals surface area contributed by atoms with Crippen LogP contribution in [0.15, 0.2) is 34.9 Å². The minimum Gasteiger partial charge on any atom is -0.485 e. The van der Waals surface area contributed by atoms with Gasteiger partial charge in [-0.3, -0.25) is 0 Å². The number of hydrogen-bond donors (Lipinski definition) is 1. The molecule has 0 amide bonds. The van der Waals surface area contributed by atoms with Gasteiger partial charge in [-0.25, -0.2) is 0 Å². The minimum absolute atomic E-state index is 0.0539. The molecule has 2 rings (SSSR count). The second-order valence-corrected chi connectivity index (χ2v) is 6.44. The first-order valence-electron chi connectivity index (χ1n) is 7.35. The van der Waals surface area contributed by atoms with Crippen LogP contribution in [0, 0.1) is 6.92 Å². The number of hydrogen-bond acceptors (Lipinski definition) is 3. The highest BCUT2D eigenvalue weighted by Gasteiger charge is 2.19. The summed E-state index contributed by atoms with van der Waals surface area (Å²) in [6, 6.07) is 8.32. The summed E-state index contributed by atoms with van der Waals surface area (Å²) in [6.45, 7) is 9.96. The van der Waals surface area contributed by atoms with Crippen LogP contribution in [0.25, 0.3) is 0 Å². The van der Waals surface area contributed by atoms with E-state index < -0.39 is 0 Å². The SMILES string of the molecule is CNCc1ccoc1COc1ccc(C)cc1C(C)(C)C. The number of rotatable bonds is 5. The van der Waals surface area contributed by atoms with Crippen molar-refractivity contribution in [2.75, 3.05) is 7.05 Å². The molecule has 0 bridgehead atoms. The molecule has 3 heteroatoms. The number of ether oxygens (including phenoxy) is 1. The lowest BCUT2D eigenvalue weighted by molar-refractivity contribution is 0.262. The Balaban J connectivity index is 2.18. The van der Waals surface area contributed by atoms with Crippen molar-refractivity contribution in [1.29, 1.82) is 0 Å². The van der Waals surface area contributed by atoms with Gasteiger partial charge in [-0.15, -0.1) is 0 Å². The van der Waals surface area contributed by atoms with Gasteiger partial charge in [0.2, 0.25) is 0 Å². The average molecular weight is 287 g/mol. The lowest BCUT2D eigenvalue weighted by Gasteiger charge is -2.23. The van der Waals surface area contributed by atoms with E-state index in [0.29, 0.717) is 6.61 Å². The van der Waals surface area contributed by atoms with E-state index in [2.05, 4.69) is 51.2 Å². The van der Waals surface area contributed by atoms with E-state index in [1.165, 1.54) is 11.1 Å². The van der Waals surface area contributed by atoms with Crippen molar-refractivity contribution < 1.29 is 9.15 Å². The van der Waals surface area contributed by atoms with E-state index in [1.807, 2.05) is 13.1 Å². The van der Waals surface area contributed by atoms with Crippen LogP contribution in [-0.4, -0.2) is 7.05 Å². The largest absolute Gasteiger partial charge is 0.485 e. The Morgan fingerprint density at radius 3 is 2.62 bits per heavy atom. The summed E-state index contributed by atoms with van der Waals surface area (Å²) >= 11 is 0. The summed E-state index contributed by atoms with van der Waals surface area (Å²) < 4.78 is 11.6. The molecule has 0 aliphatic carbocycles. The molecule has 0 atom stereocenters. The molecule has 21 heavy (non-hydrogen) atoms. The predicted molar refractivity (Wildman–Crippen MR) is 85.7 cm³/mol. The van der Waals surface area contributed by atoms with Gasteiger partial charge in [0.15, 0.2) is 0 Å². The van der Waals surface area contributed by atoms with Gasteiger partial charge >= 0.3 is 0 Å². The fourth-order valence-electron chi connectivity index (χ4n) is 2.34. The van der Waals surface area contributed by atoms with Gasteiger partial charge in [-0.05, 0) is 37.1 Å². The van der Waals surface area contributed by atoms with Crippen LogP contribution in [0.5, 0.6) is 5.75 Å². The molecule has 0 fully saturated rings. The maximum absolute atomic E-state index is 6.03. The molecule has 0 radical (unpaired) electrons. The van der Waals surface area contributed by atoms with E-state index >= 15 is 0 Å². The van der Waals surface area contributed by atoms with Crippen molar-refractivity contribution in [2.24, 2.45) is 0 Å². The highest BCUT2D eigenvalue weighted by Crippen LogP contribution is 2.32. The lowest BCUT2D eigenvalue weighted by atomic mass is 9.85. The maximum atomic E-state index is 6.03. The molecule has 0 saturated carbocycles. The quantitative estimate of drug-likeness (QED) is 0.895. The van der Waals surface area contributed by atoms with Gasteiger partial charge in [-0.2, -0.15) is 0 Å². The number of benzene rings is 1. The molecule has 114 valence electrons. The average Bonchev–Trinajstić information content (AvgIpc) is 2.84. The zero-order valence-electron chi connectivity index (χ0n) is 13.6. The van der Waals surface area contributed by atoms with E-state index in [-0.39, 0.29) is 5.41 Å². The standard InChI is InChI=1S/C18H25NO2/c1-13-6-7-16(15(10-13)18(2,3)4)21-12-17-14(11-19-5)8-9-20-17/h6-10,19H,11-12H2,1-5H3. The first-order chi connectivity index (χ1) is 9.91. The van der Waals surface area contributed by atoms with Crippen LogP contribution in [0.2, 0.25) is 0 Å². The molecule has 1 aromatic carbocycles. The number of aryl methyl sites for hydroxylation is 1. The molecule has 2 aromatic rings. The fourth-order valence-corrected chi connectivity index (χ4v) is 2.34. The Labute approximate surface area is 127 Å². The normalized spacial score (nSPS) is 11.7. The topological polar surface area (TPSA) is 34.4 Å². The highest BCUT2D eigenvalue weighted by atomic mass is 16.5. The molecular weight excluding hydrogens is 262 g/mol. The van der Waals surface area contributed by atoms with Crippen LogP contribution in [-0.2, 0) is 18.6 Å². The third-order valence-electron chi connectivity index (χ3n) is 3.51. The smallest absolute Gasteiger partial charge is 0.146 e. The fraction of sp³-hybridized carbons (Fsp3) is 0.444. The summed E-state index contributed by atoms with van der Waals surface area (Å²) in [5, 5.41) is 3.14. The van der Waals surface area contributed by atoms with Crippen molar-refractivity contribution in [3.05, 3.63) is 53.0 Å². The molecule has 1 heterocycles. The molecule has 0 saturated heterocycles. The monoisotopic (exact) mass is 287 g/mol. The van der Waals surface area contributed by atoms with Gasteiger partial charge in [-0.1, -0.05) is 38.5 Å².